The van der Waals surface area contributed by atoms with E-state index in [9.17, 15) is 0 Å². The highest BCUT2D eigenvalue weighted by atomic mass is 79.9. The highest BCUT2D eigenvalue weighted by Crippen LogP contribution is 2.31. The Hall–Kier alpha value is -2.01. The van der Waals surface area contributed by atoms with E-state index < -0.39 is 0 Å². The number of halogens is 1. The van der Waals surface area contributed by atoms with Crippen LogP contribution >= 0.6 is 15.9 Å². The largest absolute Gasteiger partial charge is 0.383 e. The standard InChI is InChI=1S/C16H15BrN4/c1-9(2)14-13(17)15(18)21-16(20-14)11-7-8-19-12-6-4-3-5-10(11)12/h3-9H,1-2H3,(H2,18,20,21). The van der Waals surface area contributed by atoms with Crippen LogP contribution < -0.4 is 5.73 Å². The molecule has 3 aromatic rings. The number of fused-ring (bicyclic) bond motifs is 1. The van der Waals surface area contributed by atoms with Crippen molar-refractivity contribution in [1.82, 2.24) is 15.0 Å². The maximum Gasteiger partial charge on any atom is 0.162 e. The maximum atomic E-state index is 6.03. The summed E-state index contributed by atoms with van der Waals surface area (Å²) in [4.78, 5) is 13.5. The molecule has 0 atom stereocenters. The summed E-state index contributed by atoms with van der Waals surface area (Å²) in [6, 6.07) is 9.88. The fourth-order valence-corrected chi connectivity index (χ4v) is 2.91. The molecule has 0 saturated heterocycles. The van der Waals surface area contributed by atoms with Crippen LogP contribution in [0.2, 0.25) is 0 Å². The minimum atomic E-state index is 0.261. The molecule has 0 radical (unpaired) electrons. The molecule has 0 amide bonds. The molecular formula is C16H15BrN4. The Morgan fingerprint density at radius 1 is 1.10 bits per heavy atom. The van der Waals surface area contributed by atoms with Crippen LogP contribution in [0.15, 0.2) is 41.0 Å². The van der Waals surface area contributed by atoms with Gasteiger partial charge in [-0.15, -0.1) is 0 Å². The lowest BCUT2D eigenvalue weighted by Gasteiger charge is -2.12. The number of pyridine rings is 1. The minimum Gasteiger partial charge on any atom is -0.383 e. The molecule has 4 nitrogen and oxygen atoms in total. The van der Waals surface area contributed by atoms with Gasteiger partial charge in [-0.25, -0.2) is 9.97 Å². The summed E-state index contributed by atoms with van der Waals surface area (Å²) in [7, 11) is 0. The lowest BCUT2D eigenvalue weighted by molar-refractivity contribution is 0.811. The number of nitrogens with zero attached hydrogens (tertiary/aromatic N) is 3. The number of hydrogen-bond donors (Lipinski definition) is 1. The van der Waals surface area contributed by atoms with Crippen molar-refractivity contribution in [3.63, 3.8) is 0 Å². The van der Waals surface area contributed by atoms with Gasteiger partial charge in [-0.3, -0.25) is 4.98 Å². The van der Waals surface area contributed by atoms with E-state index >= 15 is 0 Å². The Morgan fingerprint density at radius 2 is 1.86 bits per heavy atom. The van der Waals surface area contributed by atoms with Gasteiger partial charge >= 0.3 is 0 Å². The van der Waals surface area contributed by atoms with Crippen LogP contribution in [0.5, 0.6) is 0 Å². The molecule has 2 heterocycles. The van der Waals surface area contributed by atoms with Crippen LogP contribution in [-0.4, -0.2) is 15.0 Å². The van der Waals surface area contributed by atoms with E-state index in [2.05, 4.69) is 44.7 Å². The fourth-order valence-electron chi connectivity index (χ4n) is 2.28. The number of nitrogens with two attached hydrogens (primary N) is 1. The quantitative estimate of drug-likeness (QED) is 0.759. The second-order valence-electron chi connectivity index (χ2n) is 5.16. The van der Waals surface area contributed by atoms with Gasteiger partial charge < -0.3 is 5.73 Å². The van der Waals surface area contributed by atoms with Crippen LogP contribution in [0.4, 0.5) is 5.82 Å². The Morgan fingerprint density at radius 3 is 2.62 bits per heavy atom. The van der Waals surface area contributed by atoms with Crippen molar-refractivity contribution < 1.29 is 0 Å². The molecule has 106 valence electrons. The fraction of sp³-hybridized carbons (Fsp3) is 0.188. The van der Waals surface area contributed by atoms with Crippen LogP contribution in [0.1, 0.15) is 25.5 Å². The van der Waals surface area contributed by atoms with Gasteiger partial charge in [0.05, 0.1) is 15.7 Å². The van der Waals surface area contributed by atoms with Gasteiger partial charge in [-0.05, 0) is 34.0 Å². The summed E-state index contributed by atoms with van der Waals surface area (Å²) >= 11 is 3.47. The van der Waals surface area contributed by atoms with Crippen molar-refractivity contribution in [3.8, 4) is 11.4 Å². The smallest absolute Gasteiger partial charge is 0.162 e. The predicted molar refractivity (Wildman–Crippen MR) is 89.0 cm³/mol. The average Bonchev–Trinajstić information content (AvgIpc) is 2.49. The Balaban J connectivity index is 2.28. The van der Waals surface area contributed by atoms with Crippen molar-refractivity contribution in [2.75, 3.05) is 5.73 Å². The number of anilines is 1. The summed E-state index contributed by atoms with van der Waals surface area (Å²) in [5.74, 6) is 1.36. The molecule has 0 unspecified atom stereocenters. The topological polar surface area (TPSA) is 64.7 Å². The van der Waals surface area contributed by atoms with Gasteiger partial charge in [-0.1, -0.05) is 32.0 Å². The summed E-state index contributed by atoms with van der Waals surface area (Å²) in [5, 5.41) is 1.02. The van der Waals surface area contributed by atoms with Gasteiger partial charge in [0, 0.05) is 17.1 Å². The first-order chi connectivity index (χ1) is 10.1. The predicted octanol–water partition coefficient (Wildman–Crippen LogP) is 4.16. The van der Waals surface area contributed by atoms with Crippen molar-refractivity contribution in [2.24, 2.45) is 0 Å². The van der Waals surface area contributed by atoms with Crippen LogP contribution in [-0.2, 0) is 0 Å². The molecule has 5 heteroatoms. The lowest BCUT2D eigenvalue weighted by atomic mass is 10.1. The van der Waals surface area contributed by atoms with Crippen molar-refractivity contribution in [1.29, 1.82) is 0 Å². The van der Waals surface area contributed by atoms with E-state index in [-0.39, 0.29) is 5.92 Å². The molecular weight excluding hydrogens is 328 g/mol. The number of aromatic nitrogens is 3. The third-order valence-electron chi connectivity index (χ3n) is 3.34. The molecule has 0 aliphatic heterocycles. The van der Waals surface area contributed by atoms with Crippen molar-refractivity contribution in [2.45, 2.75) is 19.8 Å². The second kappa shape index (κ2) is 5.41. The average molecular weight is 343 g/mol. The molecule has 0 aliphatic rings. The van der Waals surface area contributed by atoms with E-state index in [1.54, 1.807) is 6.20 Å². The number of hydrogen-bond acceptors (Lipinski definition) is 4. The van der Waals surface area contributed by atoms with Gasteiger partial charge in [0.25, 0.3) is 0 Å². The minimum absolute atomic E-state index is 0.261. The maximum absolute atomic E-state index is 6.03. The van der Waals surface area contributed by atoms with Gasteiger partial charge in [0.2, 0.25) is 0 Å². The Kier molecular flexibility index (Phi) is 3.59. The van der Waals surface area contributed by atoms with E-state index in [1.807, 2.05) is 30.3 Å². The Labute approximate surface area is 131 Å². The molecule has 2 N–H and O–H groups in total. The molecule has 21 heavy (non-hydrogen) atoms. The Bertz CT molecular complexity index is 809. The summed E-state index contributed by atoms with van der Waals surface area (Å²) in [6.45, 7) is 4.17. The SMILES string of the molecule is CC(C)c1nc(-c2ccnc3ccccc23)nc(N)c1Br. The molecule has 1 aromatic carbocycles. The van der Waals surface area contributed by atoms with E-state index in [0.717, 1.165) is 26.6 Å². The first kappa shape index (κ1) is 13.9. The normalized spacial score (nSPS) is 11.2. The third-order valence-corrected chi connectivity index (χ3v) is 4.15. The van der Waals surface area contributed by atoms with Gasteiger partial charge in [-0.2, -0.15) is 0 Å². The zero-order chi connectivity index (χ0) is 15.0. The van der Waals surface area contributed by atoms with Crippen LogP contribution in [0.3, 0.4) is 0 Å². The van der Waals surface area contributed by atoms with Gasteiger partial charge in [0.15, 0.2) is 5.82 Å². The summed E-state index contributed by atoms with van der Waals surface area (Å²) in [6.07, 6.45) is 1.77. The van der Waals surface area contributed by atoms with E-state index in [0.29, 0.717) is 11.6 Å². The summed E-state index contributed by atoms with van der Waals surface area (Å²) < 4.78 is 0.777. The van der Waals surface area contributed by atoms with E-state index in [4.69, 9.17) is 5.73 Å². The first-order valence-corrected chi connectivity index (χ1v) is 7.54. The van der Waals surface area contributed by atoms with Gasteiger partial charge in [0.1, 0.15) is 5.82 Å². The molecule has 0 aliphatic carbocycles. The lowest BCUT2D eigenvalue weighted by Crippen LogP contribution is -2.04. The van der Waals surface area contributed by atoms with E-state index in [1.165, 1.54) is 0 Å². The number of para-hydroxylation sites is 1. The summed E-state index contributed by atoms with van der Waals surface area (Å²) in [5.41, 5.74) is 8.81. The molecule has 3 rings (SSSR count). The molecule has 0 spiro atoms. The number of nitrogen functional groups attached to an aromatic ring is 1. The first-order valence-electron chi connectivity index (χ1n) is 6.75. The zero-order valence-electron chi connectivity index (χ0n) is 11.8. The highest BCUT2D eigenvalue weighted by Gasteiger charge is 2.15. The number of rotatable bonds is 2. The monoisotopic (exact) mass is 342 g/mol. The number of benzene rings is 1. The molecule has 0 saturated carbocycles. The second-order valence-corrected chi connectivity index (χ2v) is 5.96. The highest BCUT2D eigenvalue weighted by molar-refractivity contribution is 9.10. The van der Waals surface area contributed by atoms with Crippen LogP contribution in [0, 0.1) is 0 Å². The zero-order valence-corrected chi connectivity index (χ0v) is 13.4. The molecule has 2 aromatic heterocycles. The third kappa shape index (κ3) is 2.49. The molecule has 0 bridgehead atoms. The van der Waals surface area contributed by atoms with Crippen molar-refractivity contribution in [3.05, 3.63) is 46.7 Å². The van der Waals surface area contributed by atoms with Crippen LogP contribution in [0.25, 0.3) is 22.3 Å². The molecule has 0 fully saturated rings. The van der Waals surface area contributed by atoms with Crippen molar-refractivity contribution >= 4 is 32.7 Å².